The van der Waals surface area contributed by atoms with Crippen molar-refractivity contribution in [3.8, 4) is 10.6 Å². The number of amides is 1. The van der Waals surface area contributed by atoms with Crippen molar-refractivity contribution < 1.29 is 22.0 Å². The Morgan fingerprint density at radius 1 is 1.19 bits per heavy atom. The third-order valence-corrected chi connectivity index (χ3v) is 6.58. The van der Waals surface area contributed by atoms with E-state index in [0.717, 1.165) is 29.0 Å². The average molecular weight is 478 g/mol. The van der Waals surface area contributed by atoms with Crippen molar-refractivity contribution in [3.05, 3.63) is 70.2 Å². The van der Waals surface area contributed by atoms with Crippen molar-refractivity contribution >= 4 is 33.0 Å². The molecule has 2 N–H and O–H groups in total. The average Bonchev–Trinajstić information content (AvgIpc) is 3.46. The Morgan fingerprint density at radius 2 is 1.88 bits per heavy atom. The zero-order valence-corrected chi connectivity index (χ0v) is 19.0. The summed E-state index contributed by atoms with van der Waals surface area (Å²) < 4.78 is 52.9. The molecular weight excluding hydrogens is 456 g/mol. The SMILES string of the molecule is CC(NC(=O)c1csc(-c2cccc(C3CC3)c2)n1)c1cc(F)c(NS(C)(=O)=O)c(F)c1. The lowest BCUT2D eigenvalue weighted by molar-refractivity contribution is 0.0935. The molecule has 1 fully saturated rings. The van der Waals surface area contributed by atoms with Gasteiger partial charge in [-0.25, -0.2) is 22.2 Å². The smallest absolute Gasteiger partial charge is 0.271 e. The van der Waals surface area contributed by atoms with Crippen molar-refractivity contribution in [2.75, 3.05) is 11.0 Å². The number of sulfonamides is 1. The van der Waals surface area contributed by atoms with Crippen LogP contribution >= 0.6 is 11.3 Å². The van der Waals surface area contributed by atoms with Crippen LogP contribution in [0.15, 0.2) is 41.8 Å². The van der Waals surface area contributed by atoms with E-state index in [-0.39, 0.29) is 11.3 Å². The highest BCUT2D eigenvalue weighted by molar-refractivity contribution is 7.92. The van der Waals surface area contributed by atoms with E-state index >= 15 is 0 Å². The number of hydrogen-bond donors (Lipinski definition) is 2. The van der Waals surface area contributed by atoms with Gasteiger partial charge in [0.2, 0.25) is 10.0 Å². The van der Waals surface area contributed by atoms with Crippen LogP contribution in [0.2, 0.25) is 0 Å². The minimum atomic E-state index is -3.84. The third kappa shape index (κ3) is 5.13. The van der Waals surface area contributed by atoms with E-state index in [1.165, 1.54) is 29.7 Å². The normalized spacial score (nSPS) is 14.8. The fourth-order valence-corrected chi connectivity index (χ4v) is 4.70. The van der Waals surface area contributed by atoms with Crippen LogP contribution in [-0.2, 0) is 10.0 Å². The summed E-state index contributed by atoms with van der Waals surface area (Å²) in [5.41, 5.74) is 1.83. The first-order chi connectivity index (χ1) is 15.1. The molecule has 1 atom stereocenters. The Bertz CT molecular complexity index is 1260. The molecule has 1 heterocycles. The van der Waals surface area contributed by atoms with Crippen molar-refractivity contribution in [1.29, 1.82) is 0 Å². The standard InChI is InChI=1S/C22H21F2N3O3S2/c1-12(16-9-17(23)20(18(24)10-16)27-32(2,29)30)25-21(28)19-11-31-22(26-19)15-5-3-4-14(8-15)13-6-7-13/h3-5,8-13,27H,6-7H2,1-2H3,(H,25,28). The zero-order valence-electron chi connectivity index (χ0n) is 17.4. The maximum atomic E-state index is 14.3. The Balaban J connectivity index is 1.48. The second kappa shape index (κ2) is 8.59. The summed E-state index contributed by atoms with van der Waals surface area (Å²) in [7, 11) is -3.84. The molecule has 0 radical (unpaired) electrons. The van der Waals surface area contributed by atoms with E-state index in [9.17, 15) is 22.0 Å². The molecule has 1 aromatic heterocycles. The second-order valence-corrected chi connectivity index (χ2v) is 10.5. The number of hydrogen-bond acceptors (Lipinski definition) is 5. The predicted octanol–water partition coefficient (Wildman–Crippen LogP) is 4.83. The summed E-state index contributed by atoms with van der Waals surface area (Å²) in [6.07, 6.45) is 3.19. The molecule has 1 amide bonds. The van der Waals surface area contributed by atoms with Gasteiger partial charge in [0, 0.05) is 10.9 Å². The summed E-state index contributed by atoms with van der Waals surface area (Å²) in [5.74, 6) is -2.01. The Labute approximate surface area is 188 Å². The van der Waals surface area contributed by atoms with E-state index in [2.05, 4.69) is 22.4 Å². The van der Waals surface area contributed by atoms with Gasteiger partial charge in [-0.05, 0) is 55.0 Å². The number of thiazole rings is 1. The lowest BCUT2D eigenvalue weighted by Gasteiger charge is -2.15. The number of carbonyl (C=O) groups is 1. The van der Waals surface area contributed by atoms with Gasteiger partial charge in [0.1, 0.15) is 16.4 Å². The first kappa shape index (κ1) is 22.3. The number of nitrogens with one attached hydrogen (secondary N) is 2. The molecule has 1 aliphatic carbocycles. The maximum Gasteiger partial charge on any atom is 0.271 e. The highest BCUT2D eigenvalue weighted by atomic mass is 32.2. The highest BCUT2D eigenvalue weighted by Gasteiger charge is 2.24. The first-order valence-corrected chi connectivity index (χ1v) is 12.7. The fraction of sp³-hybridized carbons (Fsp3) is 0.273. The van der Waals surface area contributed by atoms with Gasteiger partial charge >= 0.3 is 0 Å². The monoisotopic (exact) mass is 477 g/mol. The van der Waals surface area contributed by atoms with Gasteiger partial charge in [-0.1, -0.05) is 18.2 Å². The quantitative estimate of drug-likeness (QED) is 0.510. The summed E-state index contributed by atoms with van der Waals surface area (Å²) in [6.45, 7) is 1.57. The van der Waals surface area contributed by atoms with Crippen LogP contribution in [0.3, 0.4) is 0 Å². The number of nitrogens with zero attached hydrogens (tertiary/aromatic N) is 1. The van der Waals surface area contributed by atoms with Gasteiger partial charge in [-0.3, -0.25) is 9.52 Å². The molecule has 0 saturated heterocycles. The van der Waals surface area contributed by atoms with Crippen LogP contribution in [0, 0.1) is 11.6 Å². The van der Waals surface area contributed by atoms with Gasteiger partial charge in [-0.2, -0.15) is 0 Å². The molecule has 0 aliphatic heterocycles. The number of halogens is 2. The molecule has 4 rings (SSSR count). The molecule has 10 heteroatoms. The van der Waals surface area contributed by atoms with E-state index < -0.39 is 39.3 Å². The Hall–Kier alpha value is -2.85. The molecule has 3 aromatic rings. The molecule has 1 saturated carbocycles. The van der Waals surface area contributed by atoms with E-state index in [1.54, 1.807) is 12.3 Å². The number of aromatic nitrogens is 1. The topological polar surface area (TPSA) is 88.2 Å². The van der Waals surface area contributed by atoms with Crippen molar-refractivity contribution in [2.45, 2.75) is 31.7 Å². The van der Waals surface area contributed by atoms with Gasteiger partial charge < -0.3 is 5.32 Å². The molecule has 0 bridgehead atoms. The largest absolute Gasteiger partial charge is 0.344 e. The molecule has 0 spiro atoms. The van der Waals surface area contributed by atoms with Crippen LogP contribution in [0.5, 0.6) is 0 Å². The van der Waals surface area contributed by atoms with Crippen molar-refractivity contribution in [2.24, 2.45) is 0 Å². The van der Waals surface area contributed by atoms with Gasteiger partial charge in [0.15, 0.2) is 11.6 Å². The third-order valence-electron chi connectivity index (χ3n) is 5.12. The highest BCUT2D eigenvalue weighted by Crippen LogP contribution is 2.41. The fourth-order valence-electron chi connectivity index (χ4n) is 3.33. The minimum Gasteiger partial charge on any atom is -0.344 e. The summed E-state index contributed by atoms with van der Waals surface area (Å²) in [4.78, 5) is 17.1. The maximum absolute atomic E-state index is 14.3. The van der Waals surface area contributed by atoms with E-state index in [4.69, 9.17) is 0 Å². The number of benzene rings is 2. The van der Waals surface area contributed by atoms with E-state index in [1.807, 2.05) is 16.9 Å². The lowest BCUT2D eigenvalue weighted by atomic mass is 10.1. The summed E-state index contributed by atoms with van der Waals surface area (Å²) in [5, 5.41) is 5.03. The second-order valence-electron chi connectivity index (χ2n) is 7.87. The van der Waals surface area contributed by atoms with Crippen LogP contribution in [-0.4, -0.2) is 25.6 Å². The lowest BCUT2D eigenvalue weighted by Crippen LogP contribution is -2.27. The summed E-state index contributed by atoms with van der Waals surface area (Å²) >= 11 is 1.35. The molecular formula is C22H21F2N3O3S2. The Morgan fingerprint density at radius 3 is 2.50 bits per heavy atom. The van der Waals surface area contributed by atoms with Gasteiger partial charge in [0.25, 0.3) is 5.91 Å². The molecule has 6 nitrogen and oxygen atoms in total. The molecule has 168 valence electrons. The molecule has 1 aliphatic rings. The predicted molar refractivity (Wildman–Crippen MR) is 120 cm³/mol. The van der Waals surface area contributed by atoms with Gasteiger partial charge in [0.05, 0.1) is 12.3 Å². The Kier molecular flexibility index (Phi) is 6.00. The van der Waals surface area contributed by atoms with Crippen LogP contribution in [0.1, 0.15) is 53.3 Å². The van der Waals surface area contributed by atoms with Crippen LogP contribution in [0.4, 0.5) is 14.5 Å². The molecule has 1 unspecified atom stereocenters. The summed E-state index contributed by atoms with van der Waals surface area (Å²) in [6, 6.07) is 9.36. The van der Waals surface area contributed by atoms with Gasteiger partial charge in [-0.15, -0.1) is 11.3 Å². The van der Waals surface area contributed by atoms with E-state index in [0.29, 0.717) is 5.92 Å². The van der Waals surface area contributed by atoms with Crippen molar-refractivity contribution in [3.63, 3.8) is 0 Å². The number of carbonyl (C=O) groups excluding carboxylic acids is 1. The first-order valence-electron chi connectivity index (χ1n) is 9.94. The minimum absolute atomic E-state index is 0.153. The van der Waals surface area contributed by atoms with Crippen LogP contribution < -0.4 is 10.0 Å². The molecule has 2 aromatic carbocycles. The van der Waals surface area contributed by atoms with Crippen molar-refractivity contribution in [1.82, 2.24) is 10.3 Å². The number of rotatable bonds is 7. The number of anilines is 1. The zero-order chi connectivity index (χ0) is 23.0. The molecule has 32 heavy (non-hydrogen) atoms. The van der Waals surface area contributed by atoms with Crippen LogP contribution in [0.25, 0.3) is 10.6 Å².